The number of carboxylic acid groups (broad SMARTS) is 1. The molecule has 0 aliphatic carbocycles. The summed E-state index contributed by atoms with van der Waals surface area (Å²) in [5.74, 6) is -1.07. The summed E-state index contributed by atoms with van der Waals surface area (Å²) >= 11 is 0. The first-order chi connectivity index (χ1) is 9.59. The van der Waals surface area contributed by atoms with Crippen molar-refractivity contribution in [2.24, 2.45) is 0 Å². The van der Waals surface area contributed by atoms with Crippen molar-refractivity contribution in [1.82, 2.24) is 4.72 Å². The van der Waals surface area contributed by atoms with E-state index in [0.29, 0.717) is 5.56 Å². The van der Waals surface area contributed by atoms with Crippen molar-refractivity contribution in [2.45, 2.75) is 19.0 Å². The van der Waals surface area contributed by atoms with Gasteiger partial charge >= 0.3 is 12.1 Å². The predicted molar refractivity (Wildman–Crippen MR) is 69.0 cm³/mol. The van der Waals surface area contributed by atoms with Crippen molar-refractivity contribution in [3.05, 3.63) is 29.8 Å². The molecule has 1 rings (SSSR count). The van der Waals surface area contributed by atoms with Gasteiger partial charge in [0.05, 0.1) is 5.69 Å². The van der Waals surface area contributed by atoms with Crippen LogP contribution in [0.3, 0.4) is 0 Å². The van der Waals surface area contributed by atoms with E-state index in [1.54, 1.807) is 6.07 Å². The van der Waals surface area contributed by atoms with E-state index in [0.717, 1.165) is 0 Å². The fraction of sp³-hybridized carbons (Fsp3) is 0.364. The predicted octanol–water partition coefficient (Wildman–Crippen LogP) is 1.51. The Balaban J connectivity index is 2.79. The standard InChI is InChI=1S/C11H13F3N2O4S/c12-11(13,14)7-15-21(19,20)16-9-4-2-1-3-8(9)5-6-10(17)18/h1-4,15-16H,5-7H2,(H,17,18). The van der Waals surface area contributed by atoms with Crippen LogP contribution in [0.4, 0.5) is 18.9 Å². The Morgan fingerprint density at radius 3 is 2.43 bits per heavy atom. The van der Waals surface area contributed by atoms with E-state index in [2.05, 4.69) is 0 Å². The maximum Gasteiger partial charge on any atom is 0.402 e. The van der Waals surface area contributed by atoms with Crippen LogP contribution in [0.25, 0.3) is 0 Å². The van der Waals surface area contributed by atoms with Gasteiger partial charge in [0.15, 0.2) is 0 Å². The van der Waals surface area contributed by atoms with E-state index in [9.17, 15) is 26.4 Å². The van der Waals surface area contributed by atoms with Crippen LogP contribution in [-0.2, 0) is 21.4 Å². The third-order valence-electron chi connectivity index (χ3n) is 2.33. The number of aryl methyl sites for hydroxylation is 1. The van der Waals surface area contributed by atoms with Crippen LogP contribution >= 0.6 is 0 Å². The first kappa shape index (κ1) is 17.2. The molecular formula is C11H13F3N2O4S. The molecule has 1 aromatic carbocycles. The number of carbonyl (C=O) groups is 1. The minimum absolute atomic E-state index is 0.0356. The summed E-state index contributed by atoms with van der Waals surface area (Å²) in [6, 6.07) is 5.87. The van der Waals surface area contributed by atoms with Gasteiger partial charge in [0.25, 0.3) is 10.2 Å². The average molecular weight is 326 g/mol. The van der Waals surface area contributed by atoms with Crippen LogP contribution in [0.15, 0.2) is 24.3 Å². The van der Waals surface area contributed by atoms with Crippen molar-refractivity contribution in [3.8, 4) is 0 Å². The van der Waals surface area contributed by atoms with Gasteiger partial charge in [-0.1, -0.05) is 18.2 Å². The van der Waals surface area contributed by atoms with Gasteiger partial charge in [-0.2, -0.15) is 26.3 Å². The molecule has 0 saturated carbocycles. The number of benzene rings is 1. The molecule has 0 saturated heterocycles. The summed E-state index contributed by atoms with van der Waals surface area (Å²) < 4.78 is 62.3. The highest BCUT2D eigenvalue weighted by Crippen LogP contribution is 2.18. The van der Waals surface area contributed by atoms with Crippen LogP contribution in [0.1, 0.15) is 12.0 Å². The molecule has 0 amide bonds. The molecule has 0 radical (unpaired) electrons. The van der Waals surface area contributed by atoms with Crippen LogP contribution in [0.5, 0.6) is 0 Å². The molecule has 0 heterocycles. The molecule has 0 atom stereocenters. The average Bonchev–Trinajstić information content (AvgIpc) is 2.34. The molecule has 118 valence electrons. The molecule has 0 bridgehead atoms. The lowest BCUT2D eigenvalue weighted by Crippen LogP contribution is -2.37. The summed E-state index contributed by atoms with van der Waals surface area (Å²) in [5.41, 5.74) is 0.408. The minimum Gasteiger partial charge on any atom is -0.481 e. The first-order valence-electron chi connectivity index (χ1n) is 5.73. The molecule has 0 aliphatic rings. The number of para-hydroxylation sites is 1. The van der Waals surface area contributed by atoms with Gasteiger partial charge in [-0.05, 0) is 18.1 Å². The largest absolute Gasteiger partial charge is 0.481 e. The lowest BCUT2D eigenvalue weighted by molar-refractivity contribution is -0.137. The van der Waals surface area contributed by atoms with Gasteiger partial charge in [0.2, 0.25) is 0 Å². The number of hydrogen-bond acceptors (Lipinski definition) is 3. The minimum atomic E-state index is -4.67. The Kier molecular flexibility index (Phi) is 5.55. The first-order valence-corrected chi connectivity index (χ1v) is 7.21. The molecule has 0 unspecified atom stereocenters. The number of halogens is 3. The zero-order valence-corrected chi connectivity index (χ0v) is 11.5. The summed E-state index contributed by atoms with van der Waals surface area (Å²) in [4.78, 5) is 10.5. The van der Waals surface area contributed by atoms with Gasteiger partial charge in [-0.3, -0.25) is 9.52 Å². The lowest BCUT2D eigenvalue weighted by Gasteiger charge is -2.13. The number of rotatable bonds is 7. The zero-order valence-electron chi connectivity index (χ0n) is 10.6. The van der Waals surface area contributed by atoms with Crippen molar-refractivity contribution < 1.29 is 31.5 Å². The molecule has 21 heavy (non-hydrogen) atoms. The number of hydrogen-bond donors (Lipinski definition) is 3. The Morgan fingerprint density at radius 2 is 1.86 bits per heavy atom. The summed E-state index contributed by atoms with van der Waals surface area (Å²) in [6.45, 7) is -1.69. The second kappa shape index (κ2) is 6.76. The van der Waals surface area contributed by atoms with Crippen molar-refractivity contribution in [2.75, 3.05) is 11.3 Å². The van der Waals surface area contributed by atoms with Crippen molar-refractivity contribution >= 4 is 21.9 Å². The van der Waals surface area contributed by atoms with Gasteiger partial charge in [-0.15, -0.1) is 0 Å². The number of carboxylic acids is 1. The quantitative estimate of drug-likeness (QED) is 0.708. The molecule has 10 heteroatoms. The van der Waals surface area contributed by atoms with E-state index in [4.69, 9.17) is 5.11 Å². The number of nitrogens with one attached hydrogen (secondary N) is 2. The summed E-state index contributed by atoms with van der Waals surface area (Å²) in [6.07, 6.45) is -4.85. The molecule has 0 spiro atoms. The van der Waals surface area contributed by atoms with E-state index < -0.39 is 28.9 Å². The van der Waals surface area contributed by atoms with Crippen LogP contribution in [0.2, 0.25) is 0 Å². The van der Waals surface area contributed by atoms with Crippen molar-refractivity contribution in [1.29, 1.82) is 0 Å². The topological polar surface area (TPSA) is 95.5 Å². The van der Waals surface area contributed by atoms with Gasteiger partial charge in [0, 0.05) is 6.42 Å². The highest BCUT2D eigenvalue weighted by molar-refractivity contribution is 7.90. The van der Waals surface area contributed by atoms with Crippen LogP contribution in [0, 0.1) is 0 Å². The molecule has 0 fully saturated rings. The van der Waals surface area contributed by atoms with E-state index in [1.165, 1.54) is 22.9 Å². The third-order valence-corrected chi connectivity index (χ3v) is 3.35. The molecule has 3 N–H and O–H groups in total. The van der Waals surface area contributed by atoms with Crippen molar-refractivity contribution in [3.63, 3.8) is 0 Å². The molecule has 0 aliphatic heterocycles. The second-order valence-electron chi connectivity index (χ2n) is 4.09. The fourth-order valence-corrected chi connectivity index (χ4v) is 2.35. The van der Waals surface area contributed by atoms with Gasteiger partial charge in [-0.25, -0.2) is 0 Å². The van der Waals surface area contributed by atoms with Gasteiger partial charge in [0.1, 0.15) is 6.54 Å². The van der Waals surface area contributed by atoms with E-state index in [-0.39, 0.29) is 18.5 Å². The normalized spacial score (nSPS) is 12.1. The SMILES string of the molecule is O=C(O)CCc1ccccc1NS(=O)(=O)NCC(F)(F)F. The monoisotopic (exact) mass is 326 g/mol. The maximum atomic E-state index is 12.0. The Bertz CT molecular complexity index is 602. The molecular weight excluding hydrogens is 313 g/mol. The molecule has 6 nitrogen and oxygen atoms in total. The Hall–Kier alpha value is -1.81. The molecule has 0 aromatic heterocycles. The lowest BCUT2D eigenvalue weighted by atomic mass is 10.1. The van der Waals surface area contributed by atoms with Crippen LogP contribution < -0.4 is 9.44 Å². The van der Waals surface area contributed by atoms with Gasteiger partial charge < -0.3 is 5.11 Å². The number of aliphatic carboxylic acids is 1. The zero-order chi connectivity index (χ0) is 16.1. The third kappa shape index (κ3) is 6.95. The Morgan fingerprint density at radius 1 is 1.24 bits per heavy atom. The smallest absolute Gasteiger partial charge is 0.402 e. The Labute approximate surface area is 119 Å². The summed E-state index contributed by atoms with van der Waals surface area (Å²) in [5, 5.41) is 8.60. The molecule has 1 aromatic rings. The number of anilines is 1. The summed E-state index contributed by atoms with van der Waals surface area (Å²) in [7, 11) is -4.40. The number of alkyl halides is 3. The van der Waals surface area contributed by atoms with E-state index >= 15 is 0 Å². The maximum absolute atomic E-state index is 12.0. The van der Waals surface area contributed by atoms with Crippen LogP contribution in [-0.4, -0.2) is 32.2 Å². The highest BCUT2D eigenvalue weighted by atomic mass is 32.2. The van der Waals surface area contributed by atoms with E-state index in [1.807, 2.05) is 4.72 Å². The second-order valence-corrected chi connectivity index (χ2v) is 5.59. The highest BCUT2D eigenvalue weighted by Gasteiger charge is 2.29. The fourth-order valence-electron chi connectivity index (χ4n) is 1.44.